The highest BCUT2D eigenvalue weighted by molar-refractivity contribution is 7.92. The van der Waals surface area contributed by atoms with Crippen LogP contribution in [0.5, 0.6) is 0 Å². The Hall–Kier alpha value is -3.95. The second-order valence-electron chi connectivity index (χ2n) is 13.0. The lowest BCUT2D eigenvalue weighted by Gasteiger charge is -2.24. The maximum atomic E-state index is 13.6. The molecular weight excluding hydrogens is 627 g/mol. The zero-order valence-corrected chi connectivity index (χ0v) is 28.6. The molecule has 2 aliphatic rings. The number of benzene rings is 2. The average molecular weight is 666 g/mol. The first-order chi connectivity index (χ1) is 22.7. The fraction of sp³-hybridized carbons (Fsp3) is 0.368. The third-order valence-electron chi connectivity index (χ3n) is 9.57. The van der Waals surface area contributed by atoms with Crippen LogP contribution in [0.15, 0.2) is 60.7 Å². The van der Waals surface area contributed by atoms with Gasteiger partial charge in [-0.3, -0.25) is 9.59 Å². The zero-order valence-electron chi connectivity index (χ0n) is 26.9. The van der Waals surface area contributed by atoms with Crippen LogP contribution in [0.25, 0.3) is 43.6 Å². The first-order valence-corrected chi connectivity index (χ1v) is 19.2. The molecule has 9 heteroatoms. The zero-order chi connectivity index (χ0) is 32.7. The van der Waals surface area contributed by atoms with Crippen LogP contribution in [0.4, 0.5) is 0 Å². The summed E-state index contributed by atoms with van der Waals surface area (Å²) in [6, 6.07) is 16.1. The third-order valence-corrected chi connectivity index (χ3v) is 12.1. The van der Waals surface area contributed by atoms with E-state index >= 15 is 0 Å². The van der Waals surface area contributed by atoms with Crippen LogP contribution in [0.1, 0.15) is 83.9 Å². The maximum Gasteiger partial charge on any atom is 0.177 e. The molecule has 0 N–H and O–H groups in total. The maximum absolute atomic E-state index is 13.6. The van der Waals surface area contributed by atoms with E-state index in [-0.39, 0.29) is 18.1 Å². The predicted octanol–water partition coefficient (Wildman–Crippen LogP) is 8.55. The molecule has 3 aromatic heterocycles. The highest BCUT2D eigenvalue weighted by atomic mass is 32.2. The van der Waals surface area contributed by atoms with E-state index in [0.717, 1.165) is 80.0 Å². The quantitative estimate of drug-likeness (QED) is 0.179. The highest BCUT2D eigenvalue weighted by Gasteiger charge is 2.28. The number of allylic oxidation sites excluding steroid dienone is 1. The van der Waals surface area contributed by atoms with Crippen molar-refractivity contribution in [2.24, 2.45) is 0 Å². The van der Waals surface area contributed by atoms with Crippen molar-refractivity contribution in [1.82, 2.24) is 14.5 Å². The minimum absolute atomic E-state index is 0.119. The Morgan fingerprint density at radius 2 is 1.68 bits per heavy atom. The number of rotatable bonds is 3. The standard InChI is InChI=1S/C38H39N3O4S2/c1-24-38(46-25(2)39-24)33-18-14-27-20-29(15-17-32(27)40-33)37-36(26-10-6-5-7-11-26)31-16-13-28-21-34(31)41(37)22-30(42)12-8-3-4-9-19-47(44,45)23-35(28)43/h4,9,13-18,20-21,26H,3,5-8,10-12,19,22-23H2,1-2H3/b9-4-. The van der Waals surface area contributed by atoms with Crippen LogP contribution in [0.3, 0.4) is 0 Å². The lowest BCUT2D eigenvalue weighted by Crippen LogP contribution is -2.18. The monoisotopic (exact) mass is 665 g/mol. The summed E-state index contributed by atoms with van der Waals surface area (Å²) in [4.78, 5) is 37.6. The van der Waals surface area contributed by atoms with Gasteiger partial charge in [-0.2, -0.15) is 0 Å². The summed E-state index contributed by atoms with van der Waals surface area (Å²) in [7, 11) is -3.60. The Balaban J connectivity index is 1.42. The molecule has 1 aliphatic carbocycles. The fourth-order valence-corrected chi connectivity index (χ4v) is 9.35. The molecule has 2 bridgehead atoms. The van der Waals surface area contributed by atoms with Gasteiger partial charge in [0.15, 0.2) is 21.4 Å². The fourth-order valence-electron chi connectivity index (χ4n) is 7.34. The van der Waals surface area contributed by atoms with E-state index in [1.54, 1.807) is 23.5 Å². The molecule has 242 valence electrons. The van der Waals surface area contributed by atoms with Gasteiger partial charge in [0, 0.05) is 28.3 Å². The molecule has 7 nitrogen and oxygen atoms in total. The Morgan fingerprint density at radius 3 is 2.47 bits per heavy atom. The Kier molecular flexibility index (Phi) is 8.70. The van der Waals surface area contributed by atoms with Crippen molar-refractivity contribution in [3.05, 3.63) is 82.5 Å². The largest absolute Gasteiger partial charge is 0.333 e. The molecule has 0 amide bonds. The first kappa shape index (κ1) is 31.6. The van der Waals surface area contributed by atoms with Crippen LogP contribution in [-0.2, 0) is 21.2 Å². The van der Waals surface area contributed by atoms with E-state index < -0.39 is 21.4 Å². The predicted molar refractivity (Wildman–Crippen MR) is 190 cm³/mol. The molecule has 2 aromatic carbocycles. The van der Waals surface area contributed by atoms with Gasteiger partial charge in [-0.05, 0) is 80.8 Å². The lowest BCUT2D eigenvalue weighted by atomic mass is 9.81. The second-order valence-corrected chi connectivity index (χ2v) is 16.4. The van der Waals surface area contributed by atoms with Crippen LogP contribution in [0.2, 0.25) is 0 Å². The number of thiazole rings is 1. The number of hydrogen-bond donors (Lipinski definition) is 0. The summed E-state index contributed by atoms with van der Waals surface area (Å²) in [5.74, 6) is -0.694. The van der Waals surface area contributed by atoms with E-state index in [2.05, 4.69) is 39.9 Å². The number of aryl methyl sites for hydroxylation is 2. The van der Waals surface area contributed by atoms with E-state index in [1.807, 2.05) is 32.1 Å². The summed E-state index contributed by atoms with van der Waals surface area (Å²) in [5, 5.41) is 3.06. The number of Topliss-reactive ketones (excluding diaryl/α,β-unsaturated/α-hetero) is 2. The van der Waals surface area contributed by atoms with Gasteiger partial charge in [0.1, 0.15) is 5.75 Å². The molecule has 5 aromatic rings. The van der Waals surface area contributed by atoms with Gasteiger partial charge in [0.25, 0.3) is 0 Å². The number of sulfone groups is 1. The van der Waals surface area contributed by atoms with Crippen LogP contribution in [-0.4, -0.2) is 46.0 Å². The molecule has 0 saturated heterocycles. The third kappa shape index (κ3) is 6.48. The summed E-state index contributed by atoms with van der Waals surface area (Å²) < 4.78 is 27.7. The number of nitrogens with zero attached hydrogens (tertiary/aromatic N) is 3. The molecule has 7 rings (SSSR count). The number of hydrogen-bond acceptors (Lipinski definition) is 7. The Labute approximate surface area is 279 Å². The minimum atomic E-state index is -3.60. The SMILES string of the molecule is Cc1nc(C)c(-c2ccc3cc(-c4c(C5CCCCC5)c5ccc6cc5n4CC(=O)CCC/C=C\CS(=O)(=O)CC6=O)ccc3n2)s1. The topological polar surface area (TPSA) is 99.0 Å². The van der Waals surface area contributed by atoms with E-state index in [1.165, 1.54) is 12.0 Å². The highest BCUT2D eigenvalue weighted by Crippen LogP contribution is 2.45. The van der Waals surface area contributed by atoms with Crippen molar-refractivity contribution in [1.29, 1.82) is 0 Å². The molecule has 1 saturated carbocycles. The molecular formula is C38H39N3O4S2. The number of aromatic nitrogens is 3. The summed E-state index contributed by atoms with van der Waals surface area (Å²) >= 11 is 1.65. The molecule has 4 heterocycles. The Morgan fingerprint density at radius 1 is 0.872 bits per heavy atom. The Bertz CT molecular complexity index is 2170. The summed E-state index contributed by atoms with van der Waals surface area (Å²) in [6.45, 7) is 4.22. The van der Waals surface area contributed by atoms with Gasteiger partial charge in [0.2, 0.25) is 0 Å². The van der Waals surface area contributed by atoms with Gasteiger partial charge in [-0.25, -0.2) is 18.4 Å². The first-order valence-electron chi connectivity index (χ1n) is 16.6. The van der Waals surface area contributed by atoms with Gasteiger partial charge < -0.3 is 4.57 Å². The van der Waals surface area contributed by atoms with Gasteiger partial charge in [-0.15, -0.1) is 11.3 Å². The van der Waals surface area contributed by atoms with Gasteiger partial charge in [-0.1, -0.05) is 55.7 Å². The molecule has 0 spiro atoms. The average Bonchev–Trinajstić information content (AvgIpc) is 3.57. The van der Waals surface area contributed by atoms with Crippen molar-refractivity contribution in [2.45, 2.75) is 77.7 Å². The molecule has 0 unspecified atom stereocenters. The molecule has 0 atom stereocenters. The van der Waals surface area contributed by atoms with Crippen molar-refractivity contribution in [3.63, 3.8) is 0 Å². The van der Waals surface area contributed by atoms with Gasteiger partial charge in [0.05, 0.1) is 44.8 Å². The lowest BCUT2D eigenvalue weighted by molar-refractivity contribution is -0.119. The molecule has 1 aliphatic heterocycles. The van der Waals surface area contributed by atoms with Crippen molar-refractivity contribution in [2.75, 3.05) is 11.5 Å². The number of carbonyl (C=O) groups is 2. The van der Waals surface area contributed by atoms with Crippen molar-refractivity contribution >= 4 is 54.5 Å². The number of ketones is 2. The molecule has 47 heavy (non-hydrogen) atoms. The number of pyridine rings is 1. The van der Waals surface area contributed by atoms with Crippen molar-refractivity contribution < 1.29 is 18.0 Å². The smallest absolute Gasteiger partial charge is 0.177 e. The van der Waals surface area contributed by atoms with E-state index in [9.17, 15) is 18.0 Å². The van der Waals surface area contributed by atoms with Gasteiger partial charge >= 0.3 is 0 Å². The van der Waals surface area contributed by atoms with Crippen LogP contribution < -0.4 is 0 Å². The van der Waals surface area contributed by atoms with Crippen LogP contribution >= 0.6 is 11.3 Å². The van der Waals surface area contributed by atoms with Crippen molar-refractivity contribution in [3.8, 4) is 21.8 Å². The van der Waals surface area contributed by atoms with Crippen LogP contribution in [0, 0.1) is 13.8 Å². The second kappa shape index (κ2) is 12.9. The molecule has 1 fully saturated rings. The number of carbonyl (C=O) groups excluding carboxylic acids is 2. The summed E-state index contributed by atoms with van der Waals surface area (Å²) in [5.41, 5.74) is 7.21. The normalized spacial score (nSPS) is 18.9. The van der Waals surface area contributed by atoms with E-state index in [4.69, 9.17) is 4.98 Å². The number of fused-ring (bicyclic) bond motifs is 2. The molecule has 0 radical (unpaired) electrons. The van der Waals surface area contributed by atoms with E-state index in [0.29, 0.717) is 30.7 Å². The minimum Gasteiger partial charge on any atom is -0.333 e. The summed E-state index contributed by atoms with van der Waals surface area (Å²) in [6.07, 6.45) is 10.7.